The van der Waals surface area contributed by atoms with Crippen LogP contribution in [0.15, 0.2) is 19.0 Å². The summed E-state index contributed by atoms with van der Waals surface area (Å²) in [6, 6.07) is 0. The summed E-state index contributed by atoms with van der Waals surface area (Å²) in [6.07, 6.45) is 5.35. The number of nitrogens with zero attached hydrogens (tertiary/aromatic N) is 7. The first-order valence-electron chi connectivity index (χ1n) is 20.4. The number of anilines is 1. The number of nitrogens with one attached hydrogen (secondary N) is 1. The summed E-state index contributed by atoms with van der Waals surface area (Å²) < 4.78 is 8.43. The second-order valence-corrected chi connectivity index (χ2v) is 18.0. The van der Waals surface area contributed by atoms with Crippen molar-refractivity contribution in [3.8, 4) is 0 Å². The van der Waals surface area contributed by atoms with Crippen molar-refractivity contribution in [3.05, 3.63) is 24.8 Å². The van der Waals surface area contributed by atoms with E-state index in [1.807, 2.05) is 56.0 Å². The van der Waals surface area contributed by atoms with E-state index >= 15 is 0 Å². The SMILES string of the molecule is C=CC1(C)CC(O)C2(C)C3C(=O)CCC3(CCC2(C)OC(=O)CN2CCN(C(=O)CCn3c(C)nc4c(N5CC[C@H](CNC)C5)ncnc43)CC2)C(C)C1O. The lowest BCUT2D eigenvalue weighted by molar-refractivity contribution is -0.252. The molecule has 5 aliphatic rings. The molecule has 302 valence electrons. The third-order valence-corrected chi connectivity index (χ3v) is 15.1. The van der Waals surface area contributed by atoms with Crippen LogP contribution in [0.2, 0.25) is 0 Å². The Morgan fingerprint density at radius 2 is 1.84 bits per heavy atom. The molecule has 2 aliphatic heterocycles. The Morgan fingerprint density at radius 1 is 1.09 bits per heavy atom. The van der Waals surface area contributed by atoms with Crippen LogP contribution in [0.1, 0.15) is 78.5 Å². The highest BCUT2D eigenvalue weighted by atomic mass is 16.6. The van der Waals surface area contributed by atoms with Gasteiger partial charge in [-0.25, -0.2) is 15.0 Å². The molecule has 8 unspecified atom stereocenters. The van der Waals surface area contributed by atoms with E-state index in [0.29, 0.717) is 70.7 Å². The number of ether oxygens (including phenoxy) is 1. The topological polar surface area (TPSA) is 166 Å². The summed E-state index contributed by atoms with van der Waals surface area (Å²) in [5, 5.41) is 27.0. The van der Waals surface area contributed by atoms with Gasteiger partial charge in [0.2, 0.25) is 5.91 Å². The van der Waals surface area contributed by atoms with Gasteiger partial charge in [0, 0.05) is 75.4 Å². The molecule has 1 amide bonds. The lowest BCUT2D eigenvalue weighted by atomic mass is 9.42. The summed E-state index contributed by atoms with van der Waals surface area (Å²) in [4.78, 5) is 61.1. The van der Waals surface area contributed by atoms with Crippen molar-refractivity contribution in [1.29, 1.82) is 0 Å². The van der Waals surface area contributed by atoms with Gasteiger partial charge in [-0.2, -0.15) is 0 Å². The van der Waals surface area contributed by atoms with E-state index in [1.165, 1.54) is 0 Å². The number of Topliss-reactive ketones (excluding diaryl/α,β-unsaturated/α-hetero) is 1. The van der Waals surface area contributed by atoms with E-state index < -0.39 is 45.9 Å². The molecule has 14 nitrogen and oxygen atoms in total. The number of aromatic nitrogens is 4. The van der Waals surface area contributed by atoms with Gasteiger partial charge < -0.3 is 34.6 Å². The van der Waals surface area contributed by atoms with Crippen molar-refractivity contribution in [2.24, 2.45) is 34.0 Å². The fourth-order valence-corrected chi connectivity index (χ4v) is 11.5. The van der Waals surface area contributed by atoms with E-state index in [1.54, 1.807) is 12.4 Å². The minimum Gasteiger partial charge on any atom is -0.458 e. The molecule has 5 fully saturated rings. The number of carbonyl (C=O) groups is 3. The second kappa shape index (κ2) is 14.8. The number of hydrogen-bond acceptors (Lipinski definition) is 12. The highest BCUT2D eigenvalue weighted by Crippen LogP contribution is 2.69. The molecule has 4 heterocycles. The van der Waals surface area contributed by atoms with Gasteiger partial charge in [0.1, 0.15) is 23.5 Å². The minimum atomic E-state index is -1.09. The van der Waals surface area contributed by atoms with Crippen molar-refractivity contribution < 1.29 is 29.3 Å². The average Bonchev–Trinajstić information content (AvgIpc) is 3.86. The van der Waals surface area contributed by atoms with Crippen LogP contribution in [0.4, 0.5) is 5.82 Å². The summed E-state index contributed by atoms with van der Waals surface area (Å²) in [5.74, 6) is 1.22. The largest absolute Gasteiger partial charge is 0.458 e. The number of piperazine rings is 1. The van der Waals surface area contributed by atoms with Gasteiger partial charge in [0.05, 0.1) is 18.8 Å². The third kappa shape index (κ3) is 6.58. The molecule has 0 spiro atoms. The quantitative estimate of drug-likeness (QED) is 0.240. The first-order chi connectivity index (χ1) is 26.1. The molecule has 7 rings (SSSR count). The first kappa shape index (κ1) is 39.8. The van der Waals surface area contributed by atoms with E-state index in [0.717, 1.165) is 48.9 Å². The summed E-state index contributed by atoms with van der Waals surface area (Å²) in [7, 11) is 1.98. The summed E-state index contributed by atoms with van der Waals surface area (Å²) in [5.41, 5.74) is -1.88. The van der Waals surface area contributed by atoms with Gasteiger partial charge >= 0.3 is 5.97 Å². The highest BCUT2D eigenvalue weighted by molar-refractivity contribution is 5.86. The van der Waals surface area contributed by atoms with Crippen LogP contribution in [0.3, 0.4) is 0 Å². The van der Waals surface area contributed by atoms with Crippen LogP contribution in [-0.2, 0) is 25.7 Å². The Kier molecular flexibility index (Phi) is 10.7. The molecule has 2 bridgehead atoms. The fourth-order valence-electron chi connectivity index (χ4n) is 11.5. The Labute approximate surface area is 325 Å². The van der Waals surface area contributed by atoms with Gasteiger partial charge in [-0.05, 0) is 76.8 Å². The Morgan fingerprint density at radius 3 is 2.55 bits per heavy atom. The molecule has 2 aromatic heterocycles. The molecular formula is C41H62N8O6. The van der Waals surface area contributed by atoms with Crippen molar-refractivity contribution in [2.75, 3.05) is 64.3 Å². The fraction of sp³-hybridized carbons (Fsp3) is 0.756. The minimum absolute atomic E-state index is 0.0451. The lowest BCUT2D eigenvalue weighted by Gasteiger charge is -2.64. The summed E-state index contributed by atoms with van der Waals surface area (Å²) in [6.45, 7) is 19.1. The zero-order chi connectivity index (χ0) is 39.5. The molecule has 0 aromatic carbocycles. The maximum atomic E-state index is 13.8. The van der Waals surface area contributed by atoms with Gasteiger partial charge in [0.25, 0.3) is 0 Å². The van der Waals surface area contributed by atoms with E-state index in [9.17, 15) is 24.6 Å². The van der Waals surface area contributed by atoms with E-state index in [-0.39, 0.29) is 30.6 Å². The number of aliphatic hydroxyl groups is 2. The van der Waals surface area contributed by atoms with Gasteiger partial charge in [-0.1, -0.05) is 26.8 Å². The number of esters is 1. The molecular weight excluding hydrogens is 701 g/mol. The number of amides is 1. The van der Waals surface area contributed by atoms with Crippen LogP contribution in [0, 0.1) is 40.9 Å². The first-order valence-corrected chi connectivity index (χ1v) is 20.4. The van der Waals surface area contributed by atoms with Crippen LogP contribution in [0.25, 0.3) is 11.2 Å². The summed E-state index contributed by atoms with van der Waals surface area (Å²) >= 11 is 0. The number of carbonyl (C=O) groups excluding carboxylic acids is 3. The van der Waals surface area contributed by atoms with Gasteiger partial charge in [-0.3, -0.25) is 19.3 Å². The Bertz CT molecular complexity index is 1810. The highest BCUT2D eigenvalue weighted by Gasteiger charge is 2.72. The van der Waals surface area contributed by atoms with Gasteiger partial charge in [0.15, 0.2) is 17.0 Å². The number of hydrogen-bond donors (Lipinski definition) is 3. The van der Waals surface area contributed by atoms with Crippen LogP contribution < -0.4 is 10.2 Å². The molecule has 2 saturated heterocycles. The predicted molar refractivity (Wildman–Crippen MR) is 208 cm³/mol. The number of fused-ring (bicyclic) bond motifs is 1. The smallest absolute Gasteiger partial charge is 0.320 e. The molecule has 55 heavy (non-hydrogen) atoms. The number of aliphatic hydroxyl groups excluding tert-OH is 2. The molecule has 9 atom stereocenters. The van der Waals surface area contributed by atoms with Crippen molar-refractivity contribution in [2.45, 2.75) is 104 Å². The molecule has 2 aromatic rings. The zero-order valence-electron chi connectivity index (χ0n) is 33.7. The number of aryl methyl sites for hydroxylation is 2. The third-order valence-electron chi connectivity index (χ3n) is 15.1. The van der Waals surface area contributed by atoms with Gasteiger partial charge in [-0.15, -0.1) is 6.58 Å². The predicted octanol–water partition coefficient (Wildman–Crippen LogP) is 2.74. The maximum absolute atomic E-state index is 13.8. The normalized spacial score (nSPS) is 36.8. The van der Waals surface area contributed by atoms with Crippen LogP contribution in [0.5, 0.6) is 0 Å². The van der Waals surface area contributed by atoms with Crippen LogP contribution >= 0.6 is 0 Å². The molecule has 0 radical (unpaired) electrons. The second-order valence-electron chi connectivity index (χ2n) is 18.0. The lowest BCUT2D eigenvalue weighted by Crippen LogP contribution is -2.69. The maximum Gasteiger partial charge on any atom is 0.320 e. The standard InChI is InChI=1S/C41H62N8O6/c1-8-38(4)21-30(51)40(6)34-29(50)9-12-41(34,26(2)35(38)54)14-13-39(40,5)55-32(53)24-46-17-19-47(20-18-46)31(52)11-16-49-27(3)45-33-36(43-25-44-37(33)49)48-15-10-28(23-48)22-42-7/h8,25-26,28,30,34-35,42,51,54H,1,9-24H2,2-7H3/t26?,28-,30?,34?,35?,38?,39?,40?,41?/m1/s1. The van der Waals surface area contributed by atoms with E-state index in [4.69, 9.17) is 9.72 Å². The van der Waals surface area contributed by atoms with Crippen LogP contribution in [-0.4, -0.2) is 134 Å². The monoisotopic (exact) mass is 762 g/mol. The zero-order valence-corrected chi connectivity index (χ0v) is 33.7. The molecule has 3 saturated carbocycles. The average molecular weight is 763 g/mol. The van der Waals surface area contributed by atoms with Crippen molar-refractivity contribution in [1.82, 2.24) is 34.6 Å². The molecule has 3 aliphatic carbocycles. The molecule has 3 N–H and O–H groups in total. The van der Waals surface area contributed by atoms with E-state index in [2.05, 4.69) is 26.8 Å². The van der Waals surface area contributed by atoms with Crippen molar-refractivity contribution >= 4 is 34.6 Å². The number of ketones is 1. The number of rotatable bonds is 10. The molecule has 14 heteroatoms. The van der Waals surface area contributed by atoms with Crippen molar-refractivity contribution in [3.63, 3.8) is 0 Å². The number of imidazole rings is 1. The Balaban J connectivity index is 0.965. The Hall–Kier alpha value is -3.46.